The summed E-state index contributed by atoms with van der Waals surface area (Å²) < 4.78 is 7.75. The first kappa shape index (κ1) is 16.6. The number of benzene rings is 1. The van der Waals surface area contributed by atoms with Crippen molar-refractivity contribution in [3.8, 4) is 0 Å². The third-order valence-corrected chi connectivity index (χ3v) is 5.24. The van der Waals surface area contributed by atoms with Crippen molar-refractivity contribution in [3.63, 3.8) is 0 Å². The fraction of sp³-hybridized carbons (Fsp3) is 0.235. The van der Waals surface area contributed by atoms with E-state index in [1.54, 1.807) is 11.5 Å². The SMILES string of the molecule is CCOC(=O)Cn1c(=NC(=O)Cc2cccs2)sc2ccccc21. The molecule has 7 heteroatoms. The summed E-state index contributed by atoms with van der Waals surface area (Å²) in [7, 11) is 0. The van der Waals surface area contributed by atoms with Crippen LogP contribution in [0, 0.1) is 0 Å². The highest BCUT2D eigenvalue weighted by molar-refractivity contribution is 7.16. The minimum absolute atomic E-state index is 0.0446. The molecular weight excluding hydrogens is 344 g/mol. The van der Waals surface area contributed by atoms with Gasteiger partial charge < -0.3 is 9.30 Å². The average molecular weight is 360 g/mol. The van der Waals surface area contributed by atoms with Crippen LogP contribution in [0.3, 0.4) is 0 Å². The third kappa shape index (κ3) is 3.80. The van der Waals surface area contributed by atoms with Crippen LogP contribution in [0.25, 0.3) is 10.2 Å². The van der Waals surface area contributed by atoms with E-state index >= 15 is 0 Å². The maximum absolute atomic E-state index is 12.2. The Kier molecular flexibility index (Phi) is 5.22. The highest BCUT2D eigenvalue weighted by Crippen LogP contribution is 2.17. The largest absolute Gasteiger partial charge is 0.465 e. The second-order valence-electron chi connectivity index (χ2n) is 5.01. The van der Waals surface area contributed by atoms with Gasteiger partial charge in [-0.1, -0.05) is 29.5 Å². The number of carbonyl (C=O) groups is 2. The van der Waals surface area contributed by atoms with Gasteiger partial charge in [-0.2, -0.15) is 4.99 Å². The van der Waals surface area contributed by atoms with E-state index in [-0.39, 0.29) is 24.8 Å². The Labute approximate surface area is 146 Å². The predicted octanol–water partition coefficient (Wildman–Crippen LogP) is 3.00. The minimum Gasteiger partial charge on any atom is -0.465 e. The molecule has 5 nitrogen and oxygen atoms in total. The lowest BCUT2D eigenvalue weighted by Crippen LogP contribution is -2.23. The molecule has 124 valence electrons. The van der Waals surface area contributed by atoms with Gasteiger partial charge in [0, 0.05) is 4.88 Å². The van der Waals surface area contributed by atoms with Crippen molar-refractivity contribution < 1.29 is 14.3 Å². The zero-order chi connectivity index (χ0) is 16.9. The molecule has 0 spiro atoms. The number of thiophene rings is 1. The van der Waals surface area contributed by atoms with E-state index in [0.29, 0.717) is 11.4 Å². The number of aromatic nitrogens is 1. The van der Waals surface area contributed by atoms with Crippen molar-refractivity contribution in [1.29, 1.82) is 0 Å². The molecule has 0 bridgehead atoms. The van der Waals surface area contributed by atoms with Gasteiger partial charge in [0.25, 0.3) is 5.91 Å². The number of thiazole rings is 1. The van der Waals surface area contributed by atoms with E-state index in [1.807, 2.05) is 41.8 Å². The molecule has 24 heavy (non-hydrogen) atoms. The Morgan fingerprint density at radius 2 is 2.04 bits per heavy atom. The van der Waals surface area contributed by atoms with Crippen LogP contribution in [0.1, 0.15) is 11.8 Å². The van der Waals surface area contributed by atoms with Crippen LogP contribution in [0.2, 0.25) is 0 Å². The van der Waals surface area contributed by atoms with E-state index in [9.17, 15) is 9.59 Å². The van der Waals surface area contributed by atoms with Gasteiger partial charge in [0.05, 0.1) is 23.2 Å². The summed E-state index contributed by atoms with van der Waals surface area (Å²) >= 11 is 2.93. The van der Waals surface area contributed by atoms with Crippen molar-refractivity contribution in [2.45, 2.75) is 19.9 Å². The lowest BCUT2D eigenvalue weighted by molar-refractivity contribution is -0.143. The van der Waals surface area contributed by atoms with Gasteiger partial charge in [-0.15, -0.1) is 11.3 Å². The van der Waals surface area contributed by atoms with Crippen molar-refractivity contribution in [2.75, 3.05) is 6.61 Å². The van der Waals surface area contributed by atoms with Crippen LogP contribution in [0.5, 0.6) is 0 Å². The van der Waals surface area contributed by atoms with Crippen LogP contribution in [0.4, 0.5) is 0 Å². The summed E-state index contributed by atoms with van der Waals surface area (Å²) in [5.41, 5.74) is 0.873. The van der Waals surface area contributed by atoms with E-state index < -0.39 is 0 Å². The number of esters is 1. The molecule has 3 rings (SSSR count). The highest BCUT2D eigenvalue weighted by Gasteiger charge is 2.12. The van der Waals surface area contributed by atoms with Crippen molar-refractivity contribution in [2.24, 2.45) is 4.99 Å². The maximum Gasteiger partial charge on any atom is 0.326 e. The molecule has 0 radical (unpaired) electrons. The standard InChI is InChI=1S/C17H16N2O3S2/c1-2-22-16(21)11-19-13-7-3-4-8-14(13)24-17(19)18-15(20)10-12-6-5-9-23-12/h3-9H,2,10-11H2,1H3. The Morgan fingerprint density at radius 3 is 2.79 bits per heavy atom. The first-order valence-corrected chi connectivity index (χ1v) is 9.21. The monoisotopic (exact) mass is 360 g/mol. The normalized spacial score (nSPS) is 11.8. The van der Waals surface area contributed by atoms with E-state index in [1.165, 1.54) is 22.7 Å². The number of hydrogen-bond donors (Lipinski definition) is 0. The minimum atomic E-state index is -0.340. The first-order chi connectivity index (χ1) is 11.7. The van der Waals surface area contributed by atoms with Gasteiger partial charge in [-0.3, -0.25) is 9.59 Å². The first-order valence-electron chi connectivity index (χ1n) is 7.51. The summed E-state index contributed by atoms with van der Waals surface area (Å²) in [5.74, 6) is -0.560. The molecule has 1 aromatic carbocycles. The molecule has 0 aliphatic rings. The highest BCUT2D eigenvalue weighted by atomic mass is 32.1. The lowest BCUT2D eigenvalue weighted by atomic mass is 10.3. The molecule has 1 amide bonds. The van der Waals surface area contributed by atoms with E-state index in [4.69, 9.17) is 4.74 Å². The van der Waals surface area contributed by atoms with Crippen molar-refractivity contribution in [3.05, 3.63) is 51.5 Å². The summed E-state index contributed by atoms with van der Waals surface area (Å²) in [5, 5.41) is 1.93. The number of para-hydroxylation sites is 1. The number of nitrogens with zero attached hydrogens (tertiary/aromatic N) is 2. The third-order valence-electron chi connectivity index (χ3n) is 3.31. The quantitative estimate of drug-likeness (QED) is 0.657. The van der Waals surface area contributed by atoms with Gasteiger partial charge in [0.15, 0.2) is 4.80 Å². The van der Waals surface area contributed by atoms with Crippen molar-refractivity contribution >= 4 is 44.8 Å². The van der Waals surface area contributed by atoms with Crippen LogP contribution in [0.15, 0.2) is 46.8 Å². The second kappa shape index (κ2) is 7.55. The molecule has 2 heterocycles. The second-order valence-corrected chi connectivity index (χ2v) is 7.05. The summed E-state index contributed by atoms with van der Waals surface area (Å²) in [4.78, 5) is 29.8. The fourth-order valence-corrected chi connectivity index (χ4v) is 4.05. The molecule has 2 aromatic heterocycles. The molecule has 0 fully saturated rings. The Morgan fingerprint density at radius 1 is 1.21 bits per heavy atom. The lowest BCUT2D eigenvalue weighted by Gasteiger charge is -2.04. The van der Waals surface area contributed by atoms with Crippen LogP contribution >= 0.6 is 22.7 Å². The predicted molar refractivity (Wildman–Crippen MR) is 95.0 cm³/mol. The maximum atomic E-state index is 12.2. The number of fused-ring (bicyclic) bond motifs is 1. The van der Waals surface area contributed by atoms with E-state index in [0.717, 1.165) is 15.1 Å². The van der Waals surface area contributed by atoms with Crippen LogP contribution in [-0.2, 0) is 27.3 Å². The van der Waals surface area contributed by atoms with Gasteiger partial charge >= 0.3 is 5.97 Å². The summed E-state index contributed by atoms with van der Waals surface area (Å²) in [6, 6.07) is 11.5. The zero-order valence-electron chi connectivity index (χ0n) is 13.1. The van der Waals surface area contributed by atoms with Gasteiger partial charge in [-0.25, -0.2) is 0 Å². The number of rotatable bonds is 5. The molecule has 0 saturated carbocycles. The zero-order valence-corrected chi connectivity index (χ0v) is 14.7. The fourth-order valence-electron chi connectivity index (χ4n) is 2.30. The van der Waals surface area contributed by atoms with Gasteiger partial charge in [0.1, 0.15) is 6.54 Å². The summed E-state index contributed by atoms with van der Waals surface area (Å²) in [6.07, 6.45) is 0.269. The van der Waals surface area contributed by atoms with Crippen LogP contribution < -0.4 is 4.80 Å². The number of ether oxygens (including phenoxy) is 1. The Balaban J connectivity index is 1.97. The smallest absolute Gasteiger partial charge is 0.326 e. The van der Waals surface area contributed by atoms with Crippen LogP contribution in [-0.4, -0.2) is 23.1 Å². The molecule has 0 saturated heterocycles. The Hall–Kier alpha value is -2.25. The number of carbonyl (C=O) groups excluding carboxylic acids is 2. The molecule has 0 aliphatic carbocycles. The topological polar surface area (TPSA) is 60.7 Å². The molecule has 0 N–H and O–H groups in total. The molecule has 0 unspecified atom stereocenters. The molecule has 0 atom stereocenters. The van der Waals surface area contributed by atoms with Gasteiger partial charge in [0.2, 0.25) is 0 Å². The van der Waals surface area contributed by atoms with Gasteiger partial charge in [-0.05, 0) is 30.5 Å². The molecule has 3 aromatic rings. The number of amides is 1. The van der Waals surface area contributed by atoms with E-state index in [2.05, 4.69) is 4.99 Å². The van der Waals surface area contributed by atoms with Crippen molar-refractivity contribution in [1.82, 2.24) is 4.57 Å². The number of hydrogen-bond acceptors (Lipinski definition) is 5. The molecule has 0 aliphatic heterocycles. The molecular formula is C17H16N2O3S2. The summed E-state index contributed by atoms with van der Waals surface area (Å²) in [6.45, 7) is 2.14. The average Bonchev–Trinajstić information content (AvgIpc) is 3.16. The Bertz CT molecular complexity index is 923.